The van der Waals surface area contributed by atoms with Crippen molar-refractivity contribution in [2.45, 2.75) is 19.4 Å². The largest absolute Gasteiger partial charge is 0.383 e. The minimum absolute atomic E-state index is 0.150. The zero-order valence-electron chi connectivity index (χ0n) is 14.7. The van der Waals surface area contributed by atoms with Crippen molar-refractivity contribution in [2.24, 2.45) is 0 Å². The van der Waals surface area contributed by atoms with Crippen LogP contribution in [0.5, 0.6) is 0 Å². The fraction of sp³-hybridized carbons (Fsp3) is 0.238. The molecule has 0 unspecified atom stereocenters. The van der Waals surface area contributed by atoms with Crippen molar-refractivity contribution in [1.29, 1.82) is 0 Å². The van der Waals surface area contributed by atoms with E-state index in [1.807, 2.05) is 60.7 Å². The van der Waals surface area contributed by atoms with E-state index < -0.39 is 0 Å². The molecule has 2 aromatic rings. The van der Waals surface area contributed by atoms with Gasteiger partial charge in [-0.05, 0) is 17.5 Å². The number of nitrogens with zero attached hydrogens (tertiary/aromatic N) is 1. The second-order valence-electron chi connectivity index (χ2n) is 6.08. The van der Waals surface area contributed by atoms with Crippen molar-refractivity contribution in [2.75, 3.05) is 14.1 Å². The molecule has 0 atom stereocenters. The average Bonchev–Trinajstić information content (AvgIpc) is 2.64. The van der Waals surface area contributed by atoms with Gasteiger partial charge in [-0.1, -0.05) is 60.7 Å². The number of Topliss-reactive ketones (excluding diaryl/α,β-unsaturated/α-hetero) is 1. The quantitative estimate of drug-likeness (QED) is 0.458. The molecule has 2 rings (SSSR count). The Morgan fingerprint density at radius 2 is 1.48 bits per heavy atom. The minimum atomic E-state index is -0.337. The smallest absolute Gasteiger partial charge is 0.256 e. The molecule has 0 aliphatic rings. The molecule has 130 valence electrons. The molecular formula is C21H24N2O2. The highest BCUT2D eigenvalue weighted by Crippen LogP contribution is 2.09. The Morgan fingerprint density at radius 1 is 0.920 bits per heavy atom. The third kappa shape index (κ3) is 6.26. The summed E-state index contributed by atoms with van der Waals surface area (Å²) in [5, 5.41) is 2.83. The maximum Gasteiger partial charge on any atom is 0.256 e. The molecule has 0 spiro atoms. The number of aryl methyl sites for hydroxylation is 1. The van der Waals surface area contributed by atoms with E-state index in [2.05, 4.69) is 5.32 Å². The lowest BCUT2D eigenvalue weighted by Crippen LogP contribution is -2.29. The van der Waals surface area contributed by atoms with Crippen molar-refractivity contribution in [3.05, 3.63) is 83.6 Å². The molecule has 0 saturated carbocycles. The molecule has 0 aromatic heterocycles. The van der Waals surface area contributed by atoms with Gasteiger partial charge in [0.05, 0.1) is 5.57 Å². The van der Waals surface area contributed by atoms with Crippen LogP contribution in [0.15, 0.2) is 72.4 Å². The summed E-state index contributed by atoms with van der Waals surface area (Å²) in [7, 11) is 3.60. The van der Waals surface area contributed by atoms with Gasteiger partial charge in [0, 0.05) is 33.3 Å². The van der Waals surface area contributed by atoms with Crippen LogP contribution in [0.1, 0.15) is 17.5 Å². The molecule has 25 heavy (non-hydrogen) atoms. The van der Waals surface area contributed by atoms with Gasteiger partial charge in [-0.25, -0.2) is 0 Å². The maximum atomic E-state index is 12.5. The summed E-state index contributed by atoms with van der Waals surface area (Å²) in [6.45, 7) is 0.399. The van der Waals surface area contributed by atoms with Gasteiger partial charge in [0.2, 0.25) is 0 Å². The van der Waals surface area contributed by atoms with Crippen LogP contribution in [-0.2, 0) is 22.6 Å². The van der Waals surface area contributed by atoms with E-state index in [1.165, 1.54) is 0 Å². The van der Waals surface area contributed by atoms with Gasteiger partial charge in [-0.2, -0.15) is 0 Å². The van der Waals surface area contributed by atoms with Crippen molar-refractivity contribution >= 4 is 11.7 Å². The zero-order chi connectivity index (χ0) is 18.1. The number of nitrogens with one attached hydrogen (secondary N) is 1. The number of amides is 1. The number of rotatable bonds is 8. The van der Waals surface area contributed by atoms with Gasteiger partial charge >= 0.3 is 0 Å². The Bertz CT molecular complexity index is 665. The zero-order valence-corrected chi connectivity index (χ0v) is 14.7. The predicted molar refractivity (Wildman–Crippen MR) is 99.8 cm³/mol. The lowest BCUT2D eigenvalue weighted by atomic mass is 10.0. The standard InChI is InChI=1S/C21H24N2O2/c1-23(2)16-19(20(24)14-13-17-9-5-3-6-10-17)21(25)22-15-18-11-7-4-8-12-18/h3-12,16H,13-15H2,1-2H3,(H,22,25)/b19-16-. The number of carbonyl (C=O) groups excluding carboxylic acids is 2. The van der Waals surface area contributed by atoms with E-state index in [0.717, 1.165) is 11.1 Å². The van der Waals surface area contributed by atoms with Crippen LogP contribution in [0.4, 0.5) is 0 Å². The molecule has 0 heterocycles. The first-order chi connectivity index (χ1) is 12.1. The van der Waals surface area contributed by atoms with E-state index in [-0.39, 0.29) is 17.3 Å². The topological polar surface area (TPSA) is 49.4 Å². The number of benzene rings is 2. The summed E-state index contributed by atoms with van der Waals surface area (Å²) in [6, 6.07) is 19.4. The highest BCUT2D eigenvalue weighted by molar-refractivity contribution is 6.19. The monoisotopic (exact) mass is 336 g/mol. The number of carbonyl (C=O) groups is 2. The average molecular weight is 336 g/mol. The third-order valence-electron chi connectivity index (χ3n) is 3.71. The Kier molecular flexibility index (Phi) is 6.96. The van der Waals surface area contributed by atoms with Gasteiger partial charge in [0.1, 0.15) is 0 Å². The van der Waals surface area contributed by atoms with Crippen LogP contribution in [0.25, 0.3) is 0 Å². The van der Waals surface area contributed by atoms with Gasteiger partial charge in [0.15, 0.2) is 5.78 Å². The first-order valence-electron chi connectivity index (χ1n) is 8.34. The Morgan fingerprint density at radius 3 is 2.04 bits per heavy atom. The van der Waals surface area contributed by atoms with Gasteiger partial charge < -0.3 is 10.2 Å². The molecule has 0 aliphatic carbocycles. The van der Waals surface area contributed by atoms with Crippen LogP contribution in [0.3, 0.4) is 0 Å². The second kappa shape index (κ2) is 9.42. The molecule has 0 fully saturated rings. The molecule has 4 nitrogen and oxygen atoms in total. The van der Waals surface area contributed by atoms with E-state index in [0.29, 0.717) is 19.4 Å². The van der Waals surface area contributed by atoms with Gasteiger partial charge in [0.25, 0.3) is 5.91 Å². The summed E-state index contributed by atoms with van der Waals surface area (Å²) >= 11 is 0. The SMILES string of the molecule is CN(C)/C=C(/C(=O)CCc1ccccc1)C(=O)NCc1ccccc1. The van der Waals surface area contributed by atoms with Crippen LogP contribution in [0, 0.1) is 0 Å². The maximum absolute atomic E-state index is 12.5. The first-order valence-corrected chi connectivity index (χ1v) is 8.34. The van der Waals surface area contributed by atoms with Gasteiger partial charge in [-0.15, -0.1) is 0 Å². The molecule has 1 amide bonds. The number of hydrogen-bond donors (Lipinski definition) is 1. The summed E-state index contributed by atoms with van der Waals surface area (Å²) in [6.07, 6.45) is 2.52. The van der Waals surface area contributed by atoms with Gasteiger partial charge in [-0.3, -0.25) is 9.59 Å². The Hall–Kier alpha value is -2.88. The molecule has 4 heteroatoms. The third-order valence-corrected chi connectivity index (χ3v) is 3.71. The lowest BCUT2D eigenvalue weighted by Gasteiger charge is -2.12. The van der Waals surface area contributed by atoms with E-state index in [9.17, 15) is 9.59 Å². The fourth-order valence-corrected chi connectivity index (χ4v) is 2.43. The lowest BCUT2D eigenvalue weighted by molar-refractivity contribution is -0.122. The highest BCUT2D eigenvalue weighted by Gasteiger charge is 2.18. The Balaban J connectivity index is 1.99. The van der Waals surface area contributed by atoms with Crippen LogP contribution in [0.2, 0.25) is 0 Å². The van der Waals surface area contributed by atoms with Crippen molar-refractivity contribution in [3.8, 4) is 0 Å². The molecule has 0 saturated heterocycles. The van der Waals surface area contributed by atoms with Crippen LogP contribution in [-0.4, -0.2) is 30.7 Å². The van der Waals surface area contributed by atoms with E-state index in [1.54, 1.807) is 25.2 Å². The summed E-state index contributed by atoms with van der Waals surface area (Å²) < 4.78 is 0. The molecule has 0 bridgehead atoms. The fourth-order valence-electron chi connectivity index (χ4n) is 2.43. The summed E-state index contributed by atoms with van der Waals surface area (Å²) in [5.74, 6) is -0.487. The van der Waals surface area contributed by atoms with Crippen LogP contribution >= 0.6 is 0 Å². The number of hydrogen-bond acceptors (Lipinski definition) is 3. The normalized spacial score (nSPS) is 11.0. The van der Waals surface area contributed by atoms with Crippen LogP contribution < -0.4 is 5.32 Å². The molecule has 2 aromatic carbocycles. The molecular weight excluding hydrogens is 312 g/mol. The van der Waals surface area contributed by atoms with Crippen molar-refractivity contribution < 1.29 is 9.59 Å². The van der Waals surface area contributed by atoms with Crippen molar-refractivity contribution in [1.82, 2.24) is 10.2 Å². The van der Waals surface area contributed by atoms with Crippen molar-refractivity contribution in [3.63, 3.8) is 0 Å². The first kappa shape index (κ1) is 18.5. The highest BCUT2D eigenvalue weighted by atomic mass is 16.2. The van der Waals surface area contributed by atoms with E-state index >= 15 is 0 Å². The number of ketones is 1. The summed E-state index contributed by atoms with van der Waals surface area (Å²) in [4.78, 5) is 26.7. The van der Waals surface area contributed by atoms with E-state index in [4.69, 9.17) is 0 Å². The molecule has 0 radical (unpaired) electrons. The predicted octanol–water partition coefficient (Wildman–Crippen LogP) is 2.95. The molecule has 0 aliphatic heterocycles. The second-order valence-corrected chi connectivity index (χ2v) is 6.08. The Labute approximate surface area is 149 Å². The summed E-state index contributed by atoms with van der Waals surface area (Å²) in [5.41, 5.74) is 2.28. The minimum Gasteiger partial charge on any atom is -0.383 e. The molecule has 1 N–H and O–H groups in total.